The van der Waals surface area contributed by atoms with Gasteiger partial charge in [0.2, 0.25) is 0 Å². The number of hydrogen-bond acceptors (Lipinski definition) is 1. The molecule has 3 unspecified atom stereocenters. The summed E-state index contributed by atoms with van der Waals surface area (Å²) in [5.74, 6) is 2.96. The van der Waals surface area contributed by atoms with Gasteiger partial charge in [-0.1, -0.05) is 62.8 Å². The van der Waals surface area contributed by atoms with Crippen LogP contribution in [0.1, 0.15) is 64.2 Å². The van der Waals surface area contributed by atoms with Crippen molar-refractivity contribution in [1.82, 2.24) is 4.90 Å². The van der Waals surface area contributed by atoms with Crippen molar-refractivity contribution >= 4 is 0 Å². The largest absolute Gasteiger partial charge is 0.302 e. The van der Waals surface area contributed by atoms with E-state index in [0.717, 1.165) is 17.8 Å². The molecule has 1 aliphatic heterocycles. The maximum atomic E-state index is 2.81. The molecule has 0 aromatic heterocycles. The summed E-state index contributed by atoms with van der Waals surface area (Å²) in [7, 11) is 0. The molecule has 1 saturated heterocycles. The van der Waals surface area contributed by atoms with Crippen LogP contribution in [0, 0.1) is 23.2 Å². The number of fused-ring (bicyclic) bond motifs is 1. The van der Waals surface area contributed by atoms with Crippen LogP contribution < -0.4 is 0 Å². The molecule has 3 fully saturated rings. The highest BCUT2D eigenvalue weighted by Gasteiger charge is 2.51. The maximum Gasteiger partial charge on any atom is 0.00812 e. The molecule has 0 aromatic carbocycles. The molecule has 1 heterocycles. The predicted octanol–water partition coefficient (Wildman–Crippen LogP) is 5.19. The average molecular weight is 300 g/mol. The van der Waals surface area contributed by atoms with Crippen molar-refractivity contribution < 1.29 is 0 Å². The van der Waals surface area contributed by atoms with E-state index in [1.807, 2.05) is 0 Å². The Morgan fingerprint density at radius 2 is 1.59 bits per heavy atom. The molecule has 1 heteroatoms. The van der Waals surface area contributed by atoms with E-state index in [1.165, 1.54) is 83.8 Å². The van der Waals surface area contributed by atoms with Gasteiger partial charge in [0.1, 0.15) is 0 Å². The normalized spacial score (nSPS) is 40.0. The van der Waals surface area contributed by atoms with E-state index in [9.17, 15) is 0 Å². The Labute approximate surface area is 136 Å². The topological polar surface area (TPSA) is 3.24 Å². The van der Waals surface area contributed by atoms with Gasteiger partial charge in [0.25, 0.3) is 0 Å². The Morgan fingerprint density at radius 3 is 2.41 bits per heavy atom. The van der Waals surface area contributed by atoms with Crippen LogP contribution >= 0.6 is 0 Å². The van der Waals surface area contributed by atoms with E-state index in [2.05, 4.69) is 29.2 Å². The minimum atomic E-state index is 0.539. The van der Waals surface area contributed by atoms with E-state index in [0.29, 0.717) is 5.41 Å². The number of likely N-dealkylation sites (tertiary alicyclic amines) is 1. The minimum Gasteiger partial charge on any atom is -0.302 e. The average Bonchev–Trinajstić information content (AvgIpc) is 3.31. The summed E-state index contributed by atoms with van der Waals surface area (Å²) in [6, 6.07) is 0. The van der Waals surface area contributed by atoms with Gasteiger partial charge in [-0.25, -0.2) is 0 Å². The molecule has 0 radical (unpaired) electrons. The van der Waals surface area contributed by atoms with E-state index in [1.54, 1.807) is 0 Å². The third-order valence-corrected chi connectivity index (χ3v) is 7.01. The minimum absolute atomic E-state index is 0.539. The van der Waals surface area contributed by atoms with Crippen molar-refractivity contribution in [3.8, 4) is 0 Å². The fourth-order valence-corrected chi connectivity index (χ4v) is 5.49. The van der Waals surface area contributed by atoms with Crippen molar-refractivity contribution in [1.29, 1.82) is 0 Å². The lowest BCUT2D eigenvalue weighted by Crippen LogP contribution is -2.32. The lowest BCUT2D eigenvalue weighted by Gasteiger charge is -2.27. The van der Waals surface area contributed by atoms with Crippen LogP contribution in [0.15, 0.2) is 24.3 Å². The van der Waals surface area contributed by atoms with Crippen LogP contribution in [-0.2, 0) is 0 Å². The molecule has 0 aromatic rings. The zero-order valence-electron chi connectivity index (χ0n) is 14.2. The molecule has 122 valence electrons. The van der Waals surface area contributed by atoms with Gasteiger partial charge >= 0.3 is 0 Å². The van der Waals surface area contributed by atoms with Gasteiger partial charge in [0.15, 0.2) is 0 Å². The number of allylic oxidation sites excluding steroid dienone is 3. The van der Waals surface area contributed by atoms with Gasteiger partial charge in [0, 0.05) is 12.0 Å². The quantitative estimate of drug-likeness (QED) is 0.648. The third kappa shape index (κ3) is 3.20. The van der Waals surface area contributed by atoms with E-state index in [-0.39, 0.29) is 0 Å². The molecule has 0 bridgehead atoms. The molecular formula is C21H33N. The molecule has 4 rings (SSSR count). The van der Waals surface area contributed by atoms with Crippen molar-refractivity contribution in [3.05, 3.63) is 24.3 Å². The molecule has 2 saturated carbocycles. The highest BCUT2D eigenvalue weighted by atomic mass is 15.1. The van der Waals surface area contributed by atoms with Gasteiger partial charge in [-0.15, -0.1) is 0 Å². The van der Waals surface area contributed by atoms with Gasteiger partial charge < -0.3 is 4.90 Å². The van der Waals surface area contributed by atoms with Crippen LogP contribution in [0.5, 0.6) is 0 Å². The monoisotopic (exact) mass is 299 g/mol. The van der Waals surface area contributed by atoms with Crippen LogP contribution in [0.4, 0.5) is 0 Å². The first-order chi connectivity index (χ1) is 10.9. The Bertz CT molecular complexity index is 429. The SMILES string of the molecule is C1=CC2CC2(CN2CCCC(C3CCCCCC3)CC2)C=C1. The molecule has 1 nitrogen and oxygen atoms in total. The predicted molar refractivity (Wildman–Crippen MR) is 93.8 cm³/mol. The van der Waals surface area contributed by atoms with E-state index >= 15 is 0 Å². The molecule has 0 N–H and O–H groups in total. The number of rotatable bonds is 3. The Balaban J connectivity index is 1.31. The summed E-state index contributed by atoms with van der Waals surface area (Å²) in [5, 5.41) is 0. The van der Waals surface area contributed by atoms with E-state index in [4.69, 9.17) is 0 Å². The Hall–Kier alpha value is -0.560. The summed E-state index contributed by atoms with van der Waals surface area (Å²) >= 11 is 0. The summed E-state index contributed by atoms with van der Waals surface area (Å²) in [5.41, 5.74) is 0.539. The van der Waals surface area contributed by atoms with Crippen molar-refractivity contribution in [2.75, 3.05) is 19.6 Å². The molecular weight excluding hydrogens is 266 g/mol. The summed E-state index contributed by atoms with van der Waals surface area (Å²) in [6.07, 6.45) is 24.4. The molecule has 3 atom stereocenters. The Kier molecular flexibility index (Phi) is 4.44. The van der Waals surface area contributed by atoms with Crippen LogP contribution in [0.3, 0.4) is 0 Å². The summed E-state index contributed by atoms with van der Waals surface area (Å²) in [6.45, 7) is 4.05. The zero-order chi connectivity index (χ0) is 14.8. The fraction of sp³-hybridized carbons (Fsp3) is 0.810. The fourth-order valence-electron chi connectivity index (χ4n) is 5.49. The Morgan fingerprint density at radius 1 is 0.818 bits per heavy atom. The first kappa shape index (κ1) is 15.0. The first-order valence-electron chi connectivity index (χ1n) is 9.94. The first-order valence-corrected chi connectivity index (χ1v) is 9.94. The second kappa shape index (κ2) is 6.51. The van der Waals surface area contributed by atoms with Crippen LogP contribution in [0.25, 0.3) is 0 Å². The molecule has 22 heavy (non-hydrogen) atoms. The number of hydrogen-bond donors (Lipinski definition) is 0. The zero-order valence-corrected chi connectivity index (χ0v) is 14.2. The van der Waals surface area contributed by atoms with Crippen LogP contribution in [0.2, 0.25) is 0 Å². The van der Waals surface area contributed by atoms with Gasteiger partial charge in [0.05, 0.1) is 0 Å². The van der Waals surface area contributed by atoms with Crippen molar-refractivity contribution in [2.24, 2.45) is 23.2 Å². The lowest BCUT2D eigenvalue weighted by molar-refractivity contribution is 0.227. The second-order valence-corrected chi connectivity index (χ2v) is 8.51. The van der Waals surface area contributed by atoms with Crippen molar-refractivity contribution in [2.45, 2.75) is 64.2 Å². The highest BCUT2D eigenvalue weighted by Crippen LogP contribution is 2.56. The number of nitrogens with zero attached hydrogens (tertiary/aromatic N) is 1. The lowest BCUT2D eigenvalue weighted by atomic mass is 9.81. The molecule has 3 aliphatic carbocycles. The van der Waals surface area contributed by atoms with Gasteiger partial charge in [-0.3, -0.25) is 0 Å². The van der Waals surface area contributed by atoms with E-state index < -0.39 is 0 Å². The molecule has 4 aliphatic rings. The van der Waals surface area contributed by atoms with Crippen molar-refractivity contribution in [3.63, 3.8) is 0 Å². The maximum absolute atomic E-state index is 2.81. The van der Waals surface area contributed by atoms with Crippen LogP contribution in [-0.4, -0.2) is 24.5 Å². The second-order valence-electron chi connectivity index (χ2n) is 8.51. The summed E-state index contributed by atoms with van der Waals surface area (Å²) in [4.78, 5) is 2.81. The standard InChI is InChI=1S/C21H33N/c1-2-4-9-18(8-3-1)19-10-7-14-22(15-12-19)17-21-13-6-5-11-20(21)16-21/h5-6,11,13,18-20H,1-4,7-10,12,14-17H2. The third-order valence-electron chi connectivity index (χ3n) is 7.01. The molecule has 0 amide bonds. The summed E-state index contributed by atoms with van der Waals surface area (Å²) < 4.78 is 0. The smallest absolute Gasteiger partial charge is 0.00812 e. The molecule has 0 spiro atoms. The highest BCUT2D eigenvalue weighted by molar-refractivity contribution is 5.29. The van der Waals surface area contributed by atoms with Gasteiger partial charge in [-0.2, -0.15) is 0 Å². The van der Waals surface area contributed by atoms with Gasteiger partial charge in [-0.05, 0) is 56.5 Å².